The lowest BCUT2D eigenvalue weighted by Gasteiger charge is -2.31. The second kappa shape index (κ2) is 15.1. The average Bonchev–Trinajstić information content (AvgIpc) is 3.50. The van der Waals surface area contributed by atoms with E-state index in [1.165, 1.54) is 31.4 Å². The van der Waals surface area contributed by atoms with Crippen LogP contribution in [0, 0.1) is 5.41 Å². The van der Waals surface area contributed by atoms with E-state index in [0.29, 0.717) is 12.3 Å². The zero-order valence-electron chi connectivity index (χ0n) is 23.6. The minimum Gasteiger partial charge on any atom is -0.387 e. The van der Waals surface area contributed by atoms with Crippen molar-refractivity contribution in [3.63, 3.8) is 0 Å². The Morgan fingerprint density at radius 3 is 2.52 bits per heavy atom. The molecule has 9 atom stereocenters. The number of aliphatic imine (C=N–C) groups is 3. The van der Waals surface area contributed by atoms with Gasteiger partial charge in [-0.1, -0.05) is 13.8 Å². The number of rotatable bonds is 16. The number of amidine groups is 1. The SMILES string of the molecule is CC(C)(COP(=O)(O)OP(=O)(O)OC[C@H]1O[C@@H](N2C=NC3C(N)=NC=NC32)[C@H](O)[C@@H]1O)[C@@H](O)C(=O)NCCC(=O)NCCS. The first-order valence-electron chi connectivity index (χ1n) is 13.1. The molecule has 0 bridgehead atoms. The number of phosphoric ester groups is 2. The van der Waals surface area contributed by atoms with Crippen LogP contribution in [0.3, 0.4) is 0 Å². The number of hydrogen-bond donors (Lipinski definition) is 9. The molecule has 23 heteroatoms. The molecule has 0 saturated carbocycles. The summed E-state index contributed by atoms with van der Waals surface area (Å²) in [6.45, 7) is 1.19. The summed E-state index contributed by atoms with van der Waals surface area (Å²) in [4.78, 5) is 57.4. The van der Waals surface area contributed by atoms with Crippen LogP contribution in [-0.2, 0) is 36.8 Å². The third kappa shape index (κ3) is 9.51. The maximum absolute atomic E-state index is 12.4. The van der Waals surface area contributed by atoms with Crippen LogP contribution >= 0.6 is 28.3 Å². The fourth-order valence-corrected chi connectivity index (χ4v) is 6.49. The second-order valence-electron chi connectivity index (χ2n) is 10.5. The maximum Gasteiger partial charge on any atom is 0.481 e. The Balaban J connectivity index is 1.47. The van der Waals surface area contributed by atoms with Crippen molar-refractivity contribution in [3.05, 3.63) is 0 Å². The van der Waals surface area contributed by atoms with Gasteiger partial charge in [-0.3, -0.25) is 23.6 Å². The molecule has 3 rings (SSSR count). The minimum atomic E-state index is -5.34. The van der Waals surface area contributed by atoms with Crippen LogP contribution in [0.1, 0.15) is 20.3 Å². The van der Waals surface area contributed by atoms with Crippen molar-refractivity contribution in [1.82, 2.24) is 15.5 Å². The number of nitrogens with one attached hydrogen (secondary N) is 2. The molecule has 3 aliphatic rings. The van der Waals surface area contributed by atoms with Gasteiger partial charge in [-0.05, 0) is 0 Å². The Labute approximate surface area is 257 Å². The van der Waals surface area contributed by atoms with E-state index >= 15 is 0 Å². The number of phosphoric acid groups is 2. The van der Waals surface area contributed by atoms with Gasteiger partial charge < -0.3 is 51.1 Å². The highest BCUT2D eigenvalue weighted by molar-refractivity contribution is 7.80. The summed E-state index contributed by atoms with van der Waals surface area (Å²) < 4.78 is 44.1. The van der Waals surface area contributed by atoms with Gasteiger partial charge >= 0.3 is 15.6 Å². The smallest absolute Gasteiger partial charge is 0.387 e. The Bertz CT molecular complexity index is 1240. The lowest BCUT2D eigenvalue weighted by atomic mass is 9.87. The molecule has 1 fully saturated rings. The molecule has 3 heterocycles. The number of carbonyl (C=O) groups is 2. The van der Waals surface area contributed by atoms with Crippen LogP contribution in [0.2, 0.25) is 0 Å². The molecule has 0 aromatic carbocycles. The minimum absolute atomic E-state index is 0.0658. The molecule has 0 radical (unpaired) electrons. The van der Waals surface area contributed by atoms with Crippen molar-refractivity contribution in [2.75, 3.05) is 32.1 Å². The molecule has 0 aliphatic carbocycles. The highest BCUT2D eigenvalue weighted by Gasteiger charge is 2.51. The molecule has 0 aromatic heterocycles. The Morgan fingerprint density at radius 1 is 1.16 bits per heavy atom. The van der Waals surface area contributed by atoms with E-state index in [9.17, 15) is 43.8 Å². The van der Waals surface area contributed by atoms with Crippen LogP contribution in [0.5, 0.6) is 0 Å². The lowest BCUT2D eigenvalue weighted by molar-refractivity contribution is -0.137. The van der Waals surface area contributed by atoms with Crippen LogP contribution in [0.25, 0.3) is 0 Å². The molecule has 44 heavy (non-hydrogen) atoms. The first-order valence-corrected chi connectivity index (χ1v) is 16.8. The molecule has 1 saturated heterocycles. The normalized spacial score (nSPS) is 29.8. The second-order valence-corrected chi connectivity index (χ2v) is 14.0. The predicted molar refractivity (Wildman–Crippen MR) is 156 cm³/mol. The molecule has 9 N–H and O–H groups in total. The number of aliphatic hydroxyl groups is 3. The fraction of sp³-hybridized carbons (Fsp3) is 0.762. The predicted octanol–water partition coefficient (Wildman–Crippen LogP) is -2.94. The van der Waals surface area contributed by atoms with E-state index in [1.54, 1.807) is 0 Å². The molecule has 2 amide bonds. The largest absolute Gasteiger partial charge is 0.481 e. The first-order chi connectivity index (χ1) is 20.5. The number of thiol groups is 1. The topological polar surface area (TPSA) is 297 Å². The van der Waals surface area contributed by atoms with Gasteiger partial charge in [0.05, 0.1) is 19.6 Å². The van der Waals surface area contributed by atoms with Gasteiger partial charge in [0.1, 0.15) is 42.6 Å². The molecule has 0 aromatic rings. The number of nitrogens with two attached hydrogens (primary N) is 1. The van der Waals surface area contributed by atoms with Gasteiger partial charge in [-0.25, -0.2) is 19.1 Å². The van der Waals surface area contributed by atoms with Gasteiger partial charge in [0, 0.05) is 30.7 Å². The molecule has 0 spiro atoms. The zero-order valence-corrected chi connectivity index (χ0v) is 26.3. The molecule has 4 unspecified atom stereocenters. The van der Waals surface area contributed by atoms with Crippen molar-refractivity contribution in [1.29, 1.82) is 0 Å². The van der Waals surface area contributed by atoms with E-state index in [0.717, 1.165) is 0 Å². The van der Waals surface area contributed by atoms with Gasteiger partial charge in [0.25, 0.3) is 0 Å². The maximum atomic E-state index is 12.4. The van der Waals surface area contributed by atoms with Gasteiger partial charge in [0.15, 0.2) is 12.4 Å². The standard InChI is InChI=1S/C21H37N7O13P2S/c1-21(2,16(32)19(33)24-4-3-12(29)23-5-6-44)8-39-43(36,37)41-42(34,35)38-7-11-14(30)15(31)20(40-11)28-10-27-13-17(22)25-9-26-18(13)28/h9-11,13-16,18,20,30-32,44H,3-8H2,1-2H3,(H,23,29)(H,24,33)(H,34,35)(H,36,37)(H2,22,25,26)/t11-,13?,14-,15-,16+,18?,20-/m1/s1. The number of fused-ring (bicyclic) bond motifs is 1. The Morgan fingerprint density at radius 2 is 1.84 bits per heavy atom. The lowest BCUT2D eigenvalue weighted by Crippen LogP contribution is -2.51. The first kappa shape index (κ1) is 36.5. The van der Waals surface area contributed by atoms with Gasteiger partial charge in [-0.15, -0.1) is 0 Å². The monoisotopic (exact) mass is 689 g/mol. The number of ether oxygens (including phenoxy) is 1. The average molecular weight is 690 g/mol. The van der Waals surface area contributed by atoms with Gasteiger partial charge in [-0.2, -0.15) is 16.9 Å². The van der Waals surface area contributed by atoms with Gasteiger partial charge in [0.2, 0.25) is 11.8 Å². The summed E-state index contributed by atoms with van der Waals surface area (Å²) >= 11 is 3.96. The van der Waals surface area contributed by atoms with E-state index in [2.05, 4.69) is 42.6 Å². The molecule has 20 nitrogen and oxygen atoms in total. The van der Waals surface area contributed by atoms with Crippen LogP contribution in [0.15, 0.2) is 15.0 Å². The summed E-state index contributed by atoms with van der Waals surface area (Å²) in [5.41, 5.74) is 4.29. The van der Waals surface area contributed by atoms with Crippen molar-refractivity contribution in [2.24, 2.45) is 26.1 Å². The number of amides is 2. The van der Waals surface area contributed by atoms with E-state index in [-0.39, 0.29) is 24.7 Å². The molecule has 250 valence electrons. The Hall–Kier alpha value is -2.00. The Kier molecular flexibility index (Phi) is 12.5. The number of aliphatic hydroxyl groups excluding tert-OH is 3. The van der Waals surface area contributed by atoms with Crippen LogP contribution < -0.4 is 16.4 Å². The summed E-state index contributed by atoms with van der Waals surface area (Å²) in [7, 11) is -10.7. The molecular weight excluding hydrogens is 652 g/mol. The summed E-state index contributed by atoms with van der Waals surface area (Å²) in [6.07, 6.45) is -5.84. The van der Waals surface area contributed by atoms with E-state index in [4.69, 9.17) is 19.5 Å². The van der Waals surface area contributed by atoms with Crippen LogP contribution in [-0.4, -0.2) is 135 Å². The number of hydrogen-bond acceptors (Lipinski definition) is 17. The summed E-state index contributed by atoms with van der Waals surface area (Å²) in [6, 6.07) is -0.644. The third-order valence-corrected chi connectivity index (χ3v) is 9.40. The quantitative estimate of drug-likeness (QED) is 0.0579. The van der Waals surface area contributed by atoms with Crippen molar-refractivity contribution in [2.45, 2.75) is 63.1 Å². The van der Waals surface area contributed by atoms with Crippen LogP contribution in [0.4, 0.5) is 0 Å². The van der Waals surface area contributed by atoms with Crippen molar-refractivity contribution >= 4 is 58.6 Å². The molecular formula is C21H37N7O13P2S. The highest BCUT2D eigenvalue weighted by atomic mass is 32.1. The van der Waals surface area contributed by atoms with E-state index < -0.39 is 83.0 Å². The van der Waals surface area contributed by atoms with E-state index in [1.807, 2.05) is 0 Å². The summed E-state index contributed by atoms with van der Waals surface area (Å²) in [5.74, 6) is -0.634. The fourth-order valence-electron chi connectivity index (χ4n) is 4.13. The van der Waals surface area contributed by atoms with Crippen molar-refractivity contribution < 1.29 is 61.9 Å². The van der Waals surface area contributed by atoms with Crippen molar-refractivity contribution in [3.8, 4) is 0 Å². The zero-order chi connectivity index (χ0) is 32.9. The third-order valence-electron chi connectivity index (χ3n) is 6.59. The summed E-state index contributed by atoms with van der Waals surface area (Å²) in [5, 5.41) is 36.2. The molecule has 3 aliphatic heterocycles. The highest BCUT2D eigenvalue weighted by Crippen LogP contribution is 2.61. The number of nitrogens with zero attached hydrogens (tertiary/aromatic N) is 4. The number of carbonyl (C=O) groups excluding carboxylic acids is 2.